The molecule has 0 atom stereocenters. The van der Waals surface area contributed by atoms with Crippen molar-refractivity contribution >= 4 is 15.9 Å². The molecule has 0 saturated heterocycles. The standard InChI is InChI=1S/C7H10BrNO/c1-5(2)3-6-4-10-7(8)9-6/h4-5H,3H2,1-2H3. The minimum absolute atomic E-state index is 0.572. The van der Waals surface area contributed by atoms with Crippen molar-refractivity contribution < 1.29 is 4.42 Å². The summed E-state index contributed by atoms with van der Waals surface area (Å²) < 4.78 is 4.97. The summed E-state index contributed by atoms with van der Waals surface area (Å²) >= 11 is 3.14. The van der Waals surface area contributed by atoms with Crippen LogP contribution in [0.2, 0.25) is 0 Å². The summed E-state index contributed by atoms with van der Waals surface area (Å²) in [5.41, 5.74) is 1.02. The topological polar surface area (TPSA) is 26.0 Å². The molecule has 56 valence electrons. The number of rotatable bonds is 2. The van der Waals surface area contributed by atoms with Gasteiger partial charge in [0.25, 0.3) is 4.80 Å². The van der Waals surface area contributed by atoms with Crippen molar-refractivity contribution in [2.24, 2.45) is 5.92 Å². The smallest absolute Gasteiger partial charge is 0.264 e. The highest BCUT2D eigenvalue weighted by Gasteiger charge is 2.02. The zero-order valence-corrected chi connectivity index (χ0v) is 7.68. The molecule has 0 aliphatic rings. The third-order valence-corrected chi connectivity index (χ3v) is 1.51. The van der Waals surface area contributed by atoms with Crippen molar-refractivity contribution in [1.29, 1.82) is 0 Å². The molecule has 0 aliphatic heterocycles. The molecule has 0 saturated carbocycles. The van der Waals surface area contributed by atoms with Crippen LogP contribution in [0.1, 0.15) is 19.5 Å². The predicted octanol–water partition coefficient (Wildman–Crippen LogP) is 2.64. The van der Waals surface area contributed by atoms with Gasteiger partial charge in [-0.1, -0.05) is 13.8 Å². The van der Waals surface area contributed by atoms with Gasteiger partial charge >= 0.3 is 0 Å². The number of aromatic nitrogens is 1. The number of nitrogens with zero attached hydrogens (tertiary/aromatic N) is 1. The summed E-state index contributed by atoms with van der Waals surface area (Å²) in [4.78, 5) is 4.67. The molecule has 3 heteroatoms. The van der Waals surface area contributed by atoms with E-state index in [0.29, 0.717) is 10.7 Å². The normalized spacial score (nSPS) is 10.8. The van der Waals surface area contributed by atoms with Crippen molar-refractivity contribution in [3.05, 3.63) is 16.8 Å². The number of halogens is 1. The first-order chi connectivity index (χ1) is 4.68. The van der Waals surface area contributed by atoms with E-state index in [1.165, 1.54) is 0 Å². The first-order valence-corrected chi connectivity index (χ1v) is 4.07. The fourth-order valence-electron chi connectivity index (χ4n) is 0.794. The fourth-order valence-corrected chi connectivity index (χ4v) is 1.12. The van der Waals surface area contributed by atoms with E-state index in [0.717, 1.165) is 12.1 Å². The molecule has 0 amide bonds. The minimum atomic E-state index is 0.572. The van der Waals surface area contributed by atoms with Crippen molar-refractivity contribution in [1.82, 2.24) is 4.98 Å². The number of oxazole rings is 1. The van der Waals surface area contributed by atoms with Gasteiger partial charge in [-0.25, -0.2) is 4.98 Å². The quantitative estimate of drug-likeness (QED) is 0.739. The van der Waals surface area contributed by atoms with Crippen molar-refractivity contribution in [3.8, 4) is 0 Å². The highest BCUT2D eigenvalue weighted by Crippen LogP contribution is 2.11. The molecule has 0 spiro atoms. The monoisotopic (exact) mass is 203 g/mol. The summed E-state index contributed by atoms with van der Waals surface area (Å²) in [5.74, 6) is 0.636. The second-order valence-corrected chi connectivity index (χ2v) is 3.37. The van der Waals surface area contributed by atoms with E-state index in [2.05, 4.69) is 34.8 Å². The van der Waals surface area contributed by atoms with Crippen LogP contribution in [0.15, 0.2) is 15.5 Å². The van der Waals surface area contributed by atoms with E-state index in [-0.39, 0.29) is 0 Å². The lowest BCUT2D eigenvalue weighted by Gasteiger charge is -1.96. The van der Waals surface area contributed by atoms with Gasteiger partial charge in [-0.3, -0.25) is 0 Å². The van der Waals surface area contributed by atoms with Crippen molar-refractivity contribution in [3.63, 3.8) is 0 Å². The van der Waals surface area contributed by atoms with Gasteiger partial charge in [0, 0.05) is 15.9 Å². The Labute approximate surface area is 68.8 Å². The molecule has 1 heterocycles. The van der Waals surface area contributed by atoms with E-state index < -0.39 is 0 Å². The molecule has 0 aliphatic carbocycles. The predicted molar refractivity (Wildman–Crippen MR) is 42.7 cm³/mol. The Bertz CT molecular complexity index is 207. The summed E-state index contributed by atoms with van der Waals surface area (Å²) in [6.07, 6.45) is 2.67. The fraction of sp³-hybridized carbons (Fsp3) is 0.571. The minimum Gasteiger partial charge on any atom is -0.439 e. The van der Waals surface area contributed by atoms with Gasteiger partial charge in [-0.15, -0.1) is 0 Å². The van der Waals surface area contributed by atoms with E-state index in [4.69, 9.17) is 4.42 Å². The summed E-state index contributed by atoms with van der Waals surface area (Å²) in [5, 5.41) is 0. The first kappa shape index (κ1) is 7.79. The lowest BCUT2D eigenvalue weighted by atomic mass is 10.1. The molecule has 0 fully saturated rings. The Morgan fingerprint density at radius 3 is 2.80 bits per heavy atom. The second kappa shape index (κ2) is 3.19. The largest absolute Gasteiger partial charge is 0.439 e. The molecule has 10 heavy (non-hydrogen) atoms. The Kier molecular flexibility index (Phi) is 2.49. The third-order valence-electron chi connectivity index (χ3n) is 1.14. The molecular weight excluding hydrogens is 194 g/mol. The molecule has 0 radical (unpaired) electrons. The summed E-state index contributed by atoms with van der Waals surface area (Å²) in [6, 6.07) is 0. The first-order valence-electron chi connectivity index (χ1n) is 3.28. The van der Waals surface area contributed by atoms with Crippen LogP contribution in [0.4, 0.5) is 0 Å². The highest BCUT2D eigenvalue weighted by molar-refractivity contribution is 9.10. The SMILES string of the molecule is CC(C)Cc1coc(Br)n1. The molecule has 0 bridgehead atoms. The molecule has 2 nitrogen and oxygen atoms in total. The van der Waals surface area contributed by atoms with Gasteiger partial charge in [0.2, 0.25) is 0 Å². The number of hydrogen-bond acceptors (Lipinski definition) is 2. The van der Waals surface area contributed by atoms with E-state index in [1.54, 1.807) is 6.26 Å². The van der Waals surface area contributed by atoms with Gasteiger partial charge in [0.15, 0.2) is 0 Å². The maximum atomic E-state index is 4.97. The lowest BCUT2D eigenvalue weighted by Crippen LogP contribution is -1.93. The van der Waals surface area contributed by atoms with E-state index in [1.807, 2.05) is 0 Å². The molecule has 1 aromatic rings. The van der Waals surface area contributed by atoms with Crippen LogP contribution in [0.3, 0.4) is 0 Å². The van der Waals surface area contributed by atoms with Crippen LogP contribution in [0, 0.1) is 5.92 Å². The zero-order chi connectivity index (χ0) is 7.56. The Morgan fingerprint density at radius 2 is 2.40 bits per heavy atom. The molecule has 1 aromatic heterocycles. The Morgan fingerprint density at radius 1 is 1.70 bits per heavy atom. The zero-order valence-electron chi connectivity index (χ0n) is 6.10. The molecular formula is C7H10BrNO. The van der Waals surface area contributed by atoms with Crippen LogP contribution in [0.25, 0.3) is 0 Å². The van der Waals surface area contributed by atoms with E-state index >= 15 is 0 Å². The average Bonchev–Trinajstić information content (AvgIpc) is 2.13. The van der Waals surface area contributed by atoms with E-state index in [9.17, 15) is 0 Å². The maximum absolute atomic E-state index is 4.97. The summed E-state index contributed by atoms with van der Waals surface area (Å²) in [7, 11) is 0. The molecule has 0 N–H and O–H groups in total. The van der Waals surface area contributed by atoms with Gasteiger partial charge in [-0.05, 0) is 12.3 Å². The van der Waals surface area contributed by atoms with Crippen molar-refractivity contribution in [2.45, 2.75) is 20.3 Å². The van der Waals surface area contributed by atoms with Crippen LogP contribution >= 0.6 is 15.9 Å². The molecule has 0 unspecified atom stereocenters. The summed E-state index contributed by atoms with van der Waals surface area (Å²) in [6.45, 7) is 4.31. The highest BCUT2D eigenvalue weighted by atomic mass is 79.9. The molecule has 0 aromatic carbocycles. The van der Waals surface area contributed by atoms with Gasteiger partial charge in [0.1, 0.15) is 6.26 Å². The Hall–Kier alpha value is -0.310. The van der Waals surface area contributed by atoms with Gasteiger partial charge in [0.05, 0.1) is 5.69 Å². The van der Waals surface area contributed by atoms with Crippen LogP contribution in [0.5, 0.6) is 0 Å². The van der Waals surface area contributed by atoms with Gasteiger partial charge < -0.3 is 4.42 Å². The average molecular weight is 204 g/mol. The molecule has 1 rings (SSSR count). The van der Waals surface area contributed by atoms with Crippen LogP contribution < -0.4 is 0 Å². The van der Waals surface area contributed by atoms with Crippen LogP contribution in [-0.2, 0) is 6.42 Å². The third kappa shape index (κ3) is 2.14. The van der Waals surface area contributed by atoms with Crippen molar-refractivity contribution in [2.75, 3.05) is 0 Å². The number of hydrogen-bond donors (Lipinski definition) is 0. The Balaban J connectivity index is 2.58. The van der Waals surface area contributed by atoms with Crippen LogP contribution in [-0.4, -0.2) is 4.98 Å². The lowest BCUT2D eigenvalue weighted by molar-refractivity contribution is 0.526. The maximum Gasteiger partial charge on any atom is 0.264 e. The van der Waals surface area contributed by atoms with Gasteiger partial charge in [-0.2, -0.15) is 0 Å². The second-order valence-electron chi connectivity index (χ2n) is 2.69.